The maximum atomic E-state index is 12.9. The van der Waals surface area contributed by atoms with Gasteiger partial charge in [-0.05, 0) is 24.3 Å². The van der Waals surface area contributed by atoms with Crippen molar-refractivity contribution in [3.8, 4) is 16.9 Å². The van der Waals surface area contributed by atoms with Gasteiger partial charge in [0.15, 0.2) is 0 Å². The molecule has 0 aliphatic carbocycles. The quantitative estimate of drug-likeness (QED) is 0.642. The van der Waals surface area contributed by atoms with E-state index in [1.807, 2.05) is 24.3 Å². The summed E-state index contributed by atoms with van der Waals surface area (Å²) < 4.78 is 6.91. The van der Waals surface area contributed by atoms with Crippen LogP contribution >= 0.6 is 23.2 Å². The number of rotatable bonds is 4. The second-order valence-electron chi connectivity index (χ2n) is 6.43. The average molecular weight is 431 g/mol. The molecule has 29 heavy (non-hydrogen) atoms. The van der Waals surface area contributed by atoms with Gasteiger partial charge in [0, 0.05) is 16.1 Å². The van der Waals surface area contributed by atoms with E-state index in [-0.39, 0.29) is 12.3 Å². The van der Waals surface area contributed by atoms with Gasteiger partial charge in [-0.1, -0.05) is 41.4 Å². The van der Waals surface area contributed by atoms with Crippen LogP contribution < -0.4 is 15.4 Å². The number of anilines is 2. The molecule has 0 saturated heterocycles. The van der Waals surface area contributed by atoms with Gasteiger partial charge in [0.25, 0.3) is 0 Å². The number of ether oxygens (including phenoxy) is 1. The van der Waals surface area contributed by atoms with Crippen molar-refractivity contribution in [3.63, 3.8) is 0 Å². The van der Waals surface area contributed by atoms with Crippen LogP contribution in [0.1, 0.15) is 12.5 Å². The third-order valence-electron chi connectivity index (χ3n) is 4.62. The summed E-state index contributed by atoms with van der Waals surface area (Å²) in [5.74, 6) is 0.390. The first-order valence-electron chi connectivity index (χ1n) is 8.74. The number of nitrogens with zero attached hydrogens (tertiary/aromatic N) is 2. The van der Waals surface area contributed by atoms with Crippen LogP contribution in [0.5, 0.6) is 5.75 Å². The average Bonchev–Trinajstić information content (AvgIpc) is 3.12. The third-order valence-corrected chi connectivity index (χ3v) is 5.16. The highest BCUT2D eigenvalue weighted by atomic mass is 35.5. The molecule has 2 heterocycles. The molecule has 1 atom stereocenters. The Balaban J connectivity index is 1.69. The predicted octanol–water partition coefficient (Wildman–Crippen LogP) is 4.39. The van der Waals surface area contributed by atoms with Gasteiger partial charge in [-0.3, -0.25) is 9.59 Å². The number of aromatic nitrogens is 2. The SMILES string of the molecule is COc1ccccc1-c1cnn2c1NC(=O)C[C@H]2C(=O)Nc1ccc(Cl)cc1Cl. The number of methoxy groups -OCH3 is 1. The fraction of sp³-hybridized carbons (Fsp3) is 0.150. The van der Waals surface area contributed by atoms with E-state index >= 15 is 0 Å². The number of amides is 2. The van der Waals surface area contributed by atoms with Crippen LogP contribution in [-0.4, -0.2) is 28.7 Å². The summed E-state index contributed by atoms with van der Waals surface area (Å²) >= 11 is 12.0. The van der Waals surface area contributed by atoms with Crippen molar-refractivity contribution in [2.45, 2.75) is 12.5 Å². The van der Waals surface area contributed by atoms with Gasteiger partial charge in [0.1, 0.15) is 17.6 Å². The molecule has 0 bridgehead atoms. The number of hydrogen-bond acceptors (Lipinski definition) is 4. The Morgan fingerprint density at radius 3 is 2.79 bits per heavy atom. The summed E-state index contributed by atoms with van der Waals surface area (Å²) in [6.45, 7) is 0. The summed E-state index contributed by atoms with van der Waals surface area (Å²) in [6, 6.07) is 11.3. The molecule has 0 fully saturated rings. The standard InChI is InChI=1S/C20H16Cl2N4O3/c1-29-17-5-3-2-4-12(17)13-10-23-26-16(9-18(27)25-19(13)26)20(28)24-15-7-6-11(21)8-14(15)22/h2-8,10,16H,9H2,1H3,(H,24,28)(H,25,27)/t16-/m0/s1. The molecule has 0 unspecified atom stereocenters. The minimum absolute atomic E-state index is 0.0446. The molecule has 1 aliphatic rings. The van der Waals surface area contributed by atoms with Crippen LogP contribution in [0.3, 0.4) is 0 Å². The monoisotopic (exact) mass is 430 g/mol. The van der Waals surface area contributed by atoms with Crippen LogP contribution in [0.2, 0.25) is 10.0 Å². The summed E-state index contributed by atoms with van der Waals surface area (Å²) in [6.07, 6.45) is 1.56. The van der Waals surface area contributed by atoms with Crippen molar-refractivity contribution in [1.29, 1.82) is 0 Å². The minimum Gasteiger partial charge on any atom is -0.496 e. The van der Waals surface area contributed by atoms with E-state index < -0.39 is 11.9 Å². The molecule has 4 rings (SSSR count). The molecular formula is C20H16Cl2N4O3. The highest BCUT2D eigenvalue weighted by molar-refractivity contribution is 6.36. The van der Waals surface area contributed by atoms with E-state index in [0.29, 0.717) is 32.9 Å². The molecule has 1 aromatic heterocycles. The fourth-order valence-corrected chi connectivity index (χ4v) is 3.70. The number of nitrogens with one attached hydrogen (secondary N) is 2. The van der Waals surface area contributed by atoms with Crippen molar-refractivity contribution in [1.82, 2.24) is 9.78 Å². The van der Waals surface area contributed by atoms with E-state index in [9.17, 15) is 9.59 Å². The lowest BCUT2D eigenvalue weighted by Crippen LogP contribution is -2.35. The maximum absolute atomic E-state index is 12.9. The smallest absolute Gasteiger partial charge is 0.249 e. The van der Waals surface area contributed by atoms with Gasteiger partial charge in [-0.25, -0.2) is 4.68 Å². The van der Waals surface area contributed by atoms with Crippen LogP contribution in [0.25, 0.3) is 11.1 Å². The number of fused-ring (bicyclic) bond motifs is 1. The summed E-state index contributed by atoms with van der Waals surface area (Å²) in [5.41, 5.74) is 1.84. The van der Waals surface area contributed by atoms with Crippen molar-refractivity contribution >= 4 is 46.5 Å². The Labute approximate surface area is 176 Å². The van der Waals surface area contributed by atoms with Crippen LogP contribution in [0.4, 0.5) is 11.5 Å². The second kappa shape index (κ2) is 7.77. The Hall–Kier alpha value is -3.03. The molecular weight excluding hydrogens is 415 g/mol. The van der Waals surface area contributed by atoms with Gasteiger partial charge in [-0.2, -0.15) is 5.10 Å². The van der Waals surface area contributed by atoms with Gasteiger partial charge >= 0.3 is 0 Å². The van der Waals surface area contributed by atoms with Crippen molar-refractivity contribution in [2.75, 3.05) is 17.7 Å². The van der Waals surface area contributed by atoms with Gasteiger partial charge in [-0.15, -0.1) is 0 Å². The topological polar surface area (TPSA) is 85.2 Å². The van der Waals surface area contributed by atoms with Crippen molar-refractivity contribution < 1.29 is 14.3 Å². The van der Waals surface area contributed by atoms with Crippen LogP contribution in [0, 0.1) is 0 Å². The lowest BCUT2D eigenvalue weighted by Gasteiger charge is -2.25. The molecule has 0 spiro atoms. The molecule has 2 amide bonds. The first kappa shape index (κ1) is 19.3. The lowest BCUT2D eigenvalue weighted by molar-refractivity contribution is -0.125. The van der Waals surface area contributed by atoms with Crippen molar-refractivity contribution in [3.05, 3.63) is 58.7 Å². The highest BCUT2D eigenvalue weighted by Crippen LogP contribution is 2.38. The fourth-order valence-electron chi connectivity index (χ4n) is 3.24. The molecule has 3 aromatic rings. The highest BCUT2D eigenvalue weighted by Gasteiger charge is 2.33. The summed E-state index contributed by atoms with van der Waals surface area (Å²) in [4.78, 5) is 25.2. The van der Waals surface area contributed by atoms with Gasteiger partial charge in [0.05, 0.1) is 30.4 Å². The Bertz CT molecular complexity index is 1110. The molecule has 1 aliphatic heterocycles. The first-order valence-corrected chi connectivity index (χ1v) is 9.50. The van der Waals surface area contributed by atoms with E-state index in [4.69, 9.17) is 27.9 Å². The molecule has 0 radical (unpaired) electrons. The van der Waals surface area contributed by atoms with Gasteiger partial charge in [0.2, 0.25) is 11.8 Å². The summed E-state index contributed by atoms with van der Waals surface area (Å²) in [7, 11) is 1.57. The van der Waals surface area contributed by atoms with Crippen LogP contribution in [-0.2, 0) is 9.59 Å². The molecule has 2 aromatic carbocycles. The maximum Gasteiger partial charge on any atom is 0.249 e. The number of halogens is 2. The number of carbonyl (C=O) groups excluding carboxylic acids is 2. The Kier molecular flexibility index (Phi) is 5.17. The molecule has 9 heteroatoms. The lowest BCUT2D eigenvalue weighted by atomic mass is 10.1. The Morgan fingerprint density at radius 2 is 2.03 bits per heavy atom. The second-order valence-corrected chi connectivity index (χ2v) is 7.28. The summed E-state index contributed by atoms with van der Waals surface area (Å²) in [5, 5.41) is 10.7. The van der Waals surface area contributed by atoms with E-state index in [1.54, 1.807) is 25.4 Å². The number of carbonyl (C=O) groups is 2. The largest absolute Gasteiger partial charge is 0.496 e. The van der Waals surface area contributed by atoms with E-state index in [1.165, 1.54) is 10.7 Å². The first-order chi connectivity index (χ1) is 14.0. The molecule has 7 nitrogen and oxygen atoms in total. The predicted molar refractivity (Wildman–Crippen MR) is 112 cm³/mol. The third kappa shape index (κ3) is 3.66. The van der Waals surface area contributed by atoms with E-state index in [2.05, 4.69) is 15.7 Å². The van der Waals surface area contributed by atoms with E-state index in [0.717, 1.165) is 5.56 Å². The van der Waals surface area contributed by atoms with Gasteiger partial charge < -0.3 is 15.4 Å². The van der Waals surface area contributed by atoms with Crippen LogP contribution in [0.15, 0.2) is 48.7 Å². The Morgan fingerprint density at radius 1 is 1.24 bits per heavy atom. The molecule has 2 N–H and O–H groups in total. The minimum atomic E-state index is -0.825. The zero-order chi connectivity index (χ0) is 20.5. The number of hydrogen-bond donors (Lipinski definition) is 2. The number of benzene rings is 2. The molecule has 148 valence electrons. The zero-order valence-corrected chi connectivity index (χ0v) is 16.8. The zero-order valence-electron chi connectivity index (χ0n) is 15.3. The normalized spacial score (nSPS) is 15.4. The number of para-hydroxylation sites is 1. The van der Waals surface area contributed by atoms with Crippen molar-refractivity contribution in [2.24, 2.45) is 0 Å². The molecule has 0 saturated carbocycles.